The summed E-state index contributed by atoms with van der Waals surface area (Å²) < 4.78 is 0. The van der Waals surface area contributed by atoms with Crippen LogP contribution in [0.25, 0.3) is 10.4 Å². The summed E-state index contributed by atoms with van der Waals surface area (Å²) in [6, 6.07) is 1.31. The summed E-state index contributed by atoms with van der Waals surface area (Å²) in [5.74, 6) is -0.0844. The fourth-order valence-corrected chi connectivity index (χ4v) is 1.22. The Hall–Kier alpha value is -1.82. The van der Waals surface area contributed by atoms with E-state index in [4.69, 9.17) is 10.6 Å². The molecule has 0 bridgehead atoms. The first-order chi connectivity index (χ1) is 7.65. The van der Waals surface area contributed by atoms with Crippen molar-refractivity contribution in [3.8, 4) is 5.75 Å². The number of aliphatic hydroxyl groups excluding tert-OH is 2. The summed E-state index contributed by atoms with van der Waals surface area (Å²) in [6.07, 6.45) is 0.493. The number of azide groups is 1. The predicted molar refractivity (Wildman–Crippen MR) is 55.5 cm³/mol. The van der Waals surface area contributed by atoms with Crippen molar-refractivity contribution in [2.75, 3.05) is 6.54 Å². The Bertz CT molecular complexity index is 392. The van der Waals surface area contributed by atoms with Crippen LogP contribution in [0.5, 0.6) is 5.75 Å². The number of pyridine rings is 1. The fourth-order valence-electron chi connectivity index (χ4n) is 1.22. The third-order valence-electron chi connectivity index (χ3n) is 2.04. The number of aromatic hydroxyl groups is 1. The molecule has 2 unspecified atom stereocenters. The van der Waals surface area contributed by atoms with Gasteiger partial charge in [0.25, 0.3) is 0 Å². The van der Waals surface area contributed by atoms with E-state index in [0.29, 0.717) is 5.56 Å². The van der Waals surface area contributed by atoms with Gasteiger partial charge in [-0.25, -0.2) is 0 Å². The number of rotatable bonds is 5. The zero-order valence-electron chi connectivity index (χ0n) is 8.43. The van der Waals surface area contributed by atoms with Crippen LogP contribution in [0.15, 0.2) is 23.6 Å². The van der Waals surface area contributed by atoms with Crippen molar-refractivity contribution in [1.29, 1.82) is 0 Å². The molecule has 0 amide bonds. The highest BCUT2D eigenvalue weighted by Crippen LogP contribution is 2.21. The molecule has 86 valence electrons. The maximum absolute atomic E-state index is 9.68. The van der Waals surface area contributed by atoms with Gasteiger partial charge >= 0.3 is 0 Å². The minimum atomic E-state index is -1.16. The normalized spacial score (nSPS) is 13.9. The number of aromatic nitrogens is 1. The molecule has 1 aromatic heterocycles. The van der Waals surface area contributed by atoms with Crippen molar-refractivity contribution < 1.29 is 15.3 Å². The molecule has 0 aromatic carbocycles. The van der Waals surface area contributed by atoms with Crippen LogP contribution in [0.1, 0.15) is 18.1 Å². The highest BCUT2D eigenvalue weighted by Gasteiger charge is 2.18. The smallest absolute Gasteiger partial charge is 0.134 e. The molecule has 0 spiro atoms. The summed E-state index contributed by atoms with van der Waals surface area (Å²) in [5, 5.41) is 31.6. The summed E-state index contributed by atoms with van der Waals surface area (Å²) in [4.78, 5) is 6.21. The second kappa shape index (κ2) is 5.92. The molecule has 1 aromatic rings. The van der Waals surface area contributed by atoms with Crippen molar-refractivity contribution in [2.24, 2.45) is 5.11 Å². The Labute approximate surface area is 91.6 Å². The molecule has 16 heavy (non-hydrogen) atoms. The Morgan fingerprint density at radius 2 is 2.19 bits per heavy atom. The van der Waals surface area contributed by atoms with Gasteiger partial charge in [-0.2, -0.15) is 0 Å². The van der Waals surface area contributed by atoms with Crippen molar-refractivity contribution in [3.05, 3.63) is 34.5 Å². The summed E-state index contributed by atoms with van der Waals surface area (Å²) in [6.45, 7) is 0.0982. The Kier molecular flexibility index (Phi) is 4.53. The van der Waals surface area contributed by atoms with E-state index >= 15 is 0 Å². The number of hydrogen-bond donors (Lipinski definition) is 3. The van der Waals surface area contributed by atoms with E-state index in [1.807, 2.05) is 0 Å². The monoisotopic (exact) mass is 224 g/mol. The molecule has 7 nitrogen and oxygen atoms in total. The molecular weight excluding hydrogens is 212 g/mol. The molecule has 7 heteroatoms. The Morgan fingerprint density at radius 1 is 1.44 bits per heavy atom. The Morgan fingerprint density at radius 3 is 2.81 bits per heavy atom. The van der Waals surface area contributed by atoms with Gasteiger partial charge in [-0.05, 0) is 18.0 Å². The SMILES string of the molecule is [N-]=[N+]=NCCC(O)C(O)c1cncc(O)c1. The first-order valence-electron chi connectivity index (χ1n) is 4.66. The molecule has 0 aliphatic carbocycles. The van der Waals surface area contributed by atoms with Gasteiger partial charge in [0.2, 0.25) is 0 Å². The van der Waals surface area contributed by atoms with E-state index < -0.39 is 12.2 Å². The van der Waals surface area contributed by atoms with Crippen LogP contribution in [-0.2, 0) is 0 Å². The quantitative estimate of drug-likeness (QED) is 0.390. The molecule has 0 saturated heterocycles. The molecule has 0 aliphatic heterocycles. The highest BCUT2D eigenvalue weighted by atomic mass is 16.3. The van der Waals surface area contributed by atoms with Gasteiger partial charge in [-0.3, -0.25) is 4.98 Å². The van der Waals surface area contributed by atoms with Crippen LogP contribution in [0.3, 0.4) is 0 Å². The number of aliphatic hydroxyl groups is 2. The van der Waals surface area contributed by atoms with Crippen LogP contribution in [-0.4, -0.2) is 33.0 Å². The molecule has 3 N–H and O–H groups in total. The van der Waals surface area contributed by atoms with Gasteiger partial charge in [0.05, 0.1) is 12.3 Å². The zero-order chi connectivity index (χ0) is 12.0. The minimum Gasteiger partial charge on any atom is -0.506 e. The summed E-state index contributed by atoms with van der Waals surface area (Å²) in [7, 11) is 0. The van der Waals surface area contributed by atoms with Crippen LogP contribution >= 0.6 is 0 Å². The summed E-state index contributed by atoms with van der Waals surface area (Å²) in [5.41, 5.74) is 8.36. The van der Waals surface area contributed by atoms with Gasteiger partial charge in [-0.1, -0.05) is 5.11 Å². The summed E-state index contributed by atoms with van der Waals surface area (Å²) >= 11 is 0. The zero-order valence-corrected chi connectivity index (χ0v) is 8.43. The van der Waals surface area contributed by atoms with Crippen molar-refractivity contribution >= 4 is 0 Å². The minimum absolute atomic E-state index is 0.0844. The fraction of sp³-hybridized carbons (Fsp3) is 0.444. The van der Waals surface area contributed by atoms with Gasteiger partial charge in [0.1, 0.15) is 11.9 Å². The average molecular weight is 224 g/mol. The molecule has 0 fully saturated rings. The first kappa shape index (κ1) is 12.3. The lowest BCUT2D eigenvalue weighted by atomic mass is 10.0. The Balaban J connectivity index is 2.62. The lowest BCUT2D eigenvalue weighted by molar-refractivity contribution is 0.0147. The molecule has 1 rings (SSSR count). The molecule has 0 radical (unpaired) electrons. The van der Waals surface area contributed by atoms with E-state index in [1.165, 1.54) is 18.5 Å². The molecule has 1 heterocycles. The van der Waals surface area contributed by atoms with Gasteiger partial charge in [0, 0.05) is 23.2 Å². The second-order valence-electron chi connectivity index (χ2n) is 3.23. The van der Waals surface area contributed by atoms with Gasteiger partial charge in [-0.15, -0.1) is 0 Å². The highest BCUT2D eigenvalue weighted by molar-refractivity contribution is 5.24. The van der Waals surface area contributed by atoms with Crippen LogP contribution in [0, 0.1) is 0 Å². The standard InChI is InChI=1S/C9H12N4O3/c10-13-12-2-1-8(15)9(16)6-3-7(14)5-11-4-6/h3-5,8-9,14-16H,1-2H2. The number of nitrogens with zero attached hydrogens (tertiary/aromatic N) is 4. The van der Waals surface area contributed by atoms with Crippen LogP contribution in [0.2, 0.25) is 0 Å². The van der Waals surface area contributed by atoms with E-state index in [0.717, 1.165) is 0 Å². The van der Waals surface area contributed by atoms with Gasteiger partial charge in [0.15, 0.2) is 0 Å². The molecule has 0 aliphatic rings. The van der Waals surface area contributed by atoms with Crippen LogP contribution < -0.4 is 0 Å². The van der Waals surface area contributed by atoms with Gasteiger partial charge < -0.3 is 15.3 Å². The lowest BCUT2D eigenvalue weighted by Gasteiger charge is -2.16. The third-order valence-corrected chi connectivity index (χ3v) is 2.04. The van der Waals surface area contributed by atoms with Crippen molar-refractivity contribution in [2.45, 2.75) is 18.6 Å². The van der Waals surface area contributed by atoms with Crippen LogP contribution in [0.4, 0.5) is 0 Å². The first-order valence-corrected chi connectivity index (χ1v) is 4.66. The van der Waals surface area contributed by atoms with Crippen molar-refractivity contribution in [3.63, 3.8) is 0 Å². The second-order valence-corrected chi connectivity index (χ2v) is 3.23. The largest absolute Gasteiger partial charge is 0.506 e. The maximum atomic E-state index is 9.68. The van der Waals surface area contributed by atoms with E-state index in [9.17, 15) is 10.2 Å². The molecule has 2 atom stereocenters. The third kappa shape index (κ3) is 3.39. The number of hydrogen-bond acceptors (Lipinski definition) is 5. The van der Waals surface area contributed by atoms with E-state index in [1.54, 1.807) is 0 Å². The van der Waals surface area contributed by atoms with Crippen molar-refractivity contribution in [1.82, 2.24) is 4.98 Å². The van der Waals surface area contributed by atoms with E-state index in [2.05, 4.69) is 15.0 Å². The lowest BCUT2D eigenvalue weighted by Crippen LogP contribution is -2.19. The predicted octanol–water partition coefficient (Wildman–Crippen LogP) is 0.882. The maximum Gasteiger partial charge on any atom is 0.134 e. The molecule has 0 saturated carbocycles. The van der Waals surface area contributed by atoms with E-state index in [-0.39, 0.29) is 18.7 Å². The molecular formula is C9H12N4O3. The average Bonchev–Trinajstić information content (AvgIpc) is 2.28. The topological polar surface area (TPSA) is 122 Å².